The molecule has 0 heterocycles. The summed E-state index contributed by atoms with van der Waals surface area (Å²) in [6.45, 7) is 10.8. The normalized spacial score (nSPS) is 16.0. The van der Waals surface area contributed by atoms with E-state index < -0.39 is 0 Å². The lowest BCUT2D eigenvalue weighted by Gasteiger charge is -2.34. The molecule has 0 aromatic rings. The van der Waals surface area contributed by atoms with Crippen LogP contribution in [0.15, 0.2) is 0 Å². The highest BCUT2D eigenvalue weighted by Crippen LogP contribution is 2.34. The van der Waals surface area contributed by atoms with Gasteiger partial charge in [0.1, 0.15) is 0 Å². The second-order valence-corrected chi connectivity index (χ2v) is 6.38. The molecule has 2 heteroatoms. The molecule has 0 saturated carbocycles. The van der Waals surface area contributed by atoms with E-state index in [-0.39, 0.29) is 17.6 Å². The maximum atomic E-state index is 10.3. The smallest absolute Gasteiger partial charge is 0.0591 e. The Labute approximate surface area is 114 Å². The van der Waals surface area contributed by atoms with E-state index in [1.807, 2.05) is 6.92 Å². The lowest BCUT2D eigenvalue weighted by molar-refractivity contribution is 0.0202. The molecule has 0 bridgehead atoms. The minimum atomic E-state index is -0.248. The standard InChI is InChI=1S/C16H34O2/c1-6-13(7-2)12-16(4,5)15(18)11-9-10-14(17)8-3/h13-15,17-18H,6-12H2,1-5H3. The summed E-state index contributed by atoms with van der Waals surface area (Å²) in [5.74, 6) is 0.718. The third-order valence-electron chi connectivity index (χ3n) is 4.36. The molecule has 2 nitrogen and oxygen atoms in total. The fraction of sp³-hybridized carbons (Fsp3) is 1.00. The summed E-state index contributed by atoms with van der Waals surface area (Å²) in [4.78, 5) is 0. The average Bonchev–Trinajstić information content (AvgIpc) is 2.35. The molecule has 0 saturated heterocycles. The van der Waals surface area contributed by atoms with Crippen LogP contribution in [0.2, 0.25) is 0 Å². The molecule has 2 N–H and O–H groups in total. The van der Waals surface area contributed by atoms with E-state index in [0.717, 1.165) is 38.0 Å². The molecule has 0 spiro atoms. The first-order valence-corrected chi connectivity index (χ1v) is 7.73. The summed E-state index contributed by atoms with van der Waals surface area (Å²) in [5.41, 5.74) is -0.00610. The van der Waals surface area contributed by atoms with E-state index in [9.17, 15) is 10.2 Å². The van der Waals surface area contributed by atoms with E-state index >= 15 is 0 Å². The lowest BCUT2D eigenvalue weighted by atomic mass is 9.75. The van der Waals surface area contributed by atoms with Crippen LogP contribution in [0.4, 0.5) is 0 Å². The summed E-state index contributed by atoms with van der Waals surface area (Å²) in [5, 5.41) is 19.8. The van der Waals surface area contributed by atoms with Gasteiger partial charge >= 0.3 is 0 Å². The second-order valence-electron chi connectivity index (χ2n) is 6.38. The Morgan fingerprint density at radius 3 is 1.89 bits per heavy atom. The highest BCUT2D eigenvalue weighted by Gasteiger charge is 2.29. The molecule has 110 valence electrons. The first kappa shape index (κ1) is 17.9. The second kappa shape index (κ2) is 8.92. The van der Waals surface area contributed by atoms with Gasteiger partial charge in [-0.05, 0) is 43.4 Å². The number of hydrogen-bond donors (Lipinski definition) is 2. The van der Waals surface area contributed by atoms with Crippen LogP contribution in [-0.2, 0) is 0 Å². The van der Waals surface area contributed by atoms with Crippen LogP contribution in [0, 0.1) is 11.3 Å². The van der Waals surface area contributed by atoms with Crippen LogP contribution in [0.1, 0.15) is 79.6 Å². The number of hydrogen-bond acceptors (Lipinski definition) is 2. The van der Waals surface area contributed by atoms with Crippen molar-refractivity contribution >= 4 is 0 Å². The molecule has 0 radical (unpaired) electrons. The van der Waals surface area contributed by atoms with Crippen LogP contribution >= 0.6 is 0 Å². The van der Waals surface area contributed by atoms with Crippen molar-refractivity contribution in [2.75, 3.05) is 0 Å². The number of aliphatic hydroxyl groups excluding tert-OH is 2. The first-order valence-electron chi connectivity index (χ1n) is 7.73. The Bertz CT molecular complexity index is 197. The zero-order chi connectivity index (χ0) is 14.2. The number of aliphatic hydroxyl groups is 2. The van der Waals surface area contributed by atoms with Crippen LogP contribution in [-0.4, -0.2) is 22.4 Å². The van der Waals surface area contributed by atoms with Crippen molar-refractivity contribution < 1.29 is 10.2 Å². The lowest BCUT2D eigenvalue weighted by Crippen LogP contribution is -2.31. The van der Waals surface area contributed by atoms with Gasteiger partial charge in [0.05, 0.1) is 12.2 Å². The van der Waals surface area contributed by atoms with Crippen LogP contribution in [0.5, 0.6) is 0 Å². The molecule has 18 heavy (non-hydrogen) atoms. The third kappa shape index (κ3) is 6.75. The monoisotopic (exact) mass is 258 g/mol. The van der Waals surface area contributed by atoms with E-state index in [1.165, 1.54) is 12.8 Å². The van der Waals surface area contributed by atoms with Crippen molar-refractivity contribution in [3.63, 3.8) is 0 Å². The molecule has 0 fully saturated rings. The molecular formula is C16H34O2. The van der Waals surface area contributed by atoms with Crippen LogP contribution in [0.3, 0.4) is 0 Å². The Hall–Kier alpha value is -0.0800. The van der Waals surface area contributed by atoms with Crippen molar-refractivity contribution in [1.29, 1.82) is 0 Å². The minimum Gasteiger partial charge on any atom is -0.393 e. The van der Waals surface area contributed by atoms with Crippen LogP contribution in [0.25, 0.3) is 0 Å². The van der Waals surface area contributed by atoms with Crippen molar-refractivity contribution in [3.8, 4) is 0 Å². The van der Waals surface area contributed by atoms with Gasteiger partial charge < -0.3 is 10.2 Å². The first-order chi connectivity index (χ1) is 8.37. The van der Waals surface area contributed by atoms with Crippen LogP contribution < -0.4 is 0 Å². The molecule has 2 atom stereocenters. The minimum absolute atomic E-state index is 0.00610. The van der Waals surface area contributed by atoms with E-state index in [0.29, 0.717) is 0 Å². The molecular weight excluding hydrogens is 224 g/mol. The van der Waals surface area contributed by atoms with Gasteiger partial charge in [-0.15, -0.1) is 0 Å². The zero-order valence-electron chi connectivity index (χ0n) is 13.1. The Morgan fingerprint density at radius 1 is 0.889 bits per heavy atom. The Morgan fingerprint density at radius 2 is 1.44 bits per heavy atom. The van der Waals surface area contributed by atoms with Gasteiger partial charge in [-0.2, -0.15) is 0 Å². The molecule has 0 aliphatic rings. The van der Waals surface area contributed by atoms with Gasteiger partial charge in [-0.25, -0.2) is 0 Å². The molecule has 0 aliphatic heterocycles. The molecule has 0 rings (SSSR count). The van der Waals surface area contributed by atoms with Crippen molar-refractivity contribution in [2.24, 2.45) is 11.3 Å². The molecule has 0 aromatic carbocycles. The summed E-state index contributed by atoms with van der Waals surface area (Å²) in [6.07, 6.45) is 6.40. The zero-order valence-corrected chi connectivity index (χ0v) is 13.1. The largest absolute Gasteiger partial charge is 0.393 e. The molecule has 0 amide bonds. The third-order valence-corrected chi connectivity index (χ3v) is 4.36. The highest BCUT2D eigenvalue weighted by molar-refractivity contribution is 4.80. The fourth-order valence-electron chi connectivity index (χ4n) is 2.60. The van der Waals surface area contributed by atoms with Gasteiger partial charge in [0.2, 0.25) is 0 Å². The molecule has 0 aromatic heterocycles. The predicted molar refractivity (Wildman–Crippen MR) is 78.6 cm³/mol. The fourth-order valence-corrected chi connectivity index (χ4v) is 2.60. The van der Waals surface area contributed by atoms with Gasteiger partial charge in [0, 0.05) is 0 Å². The van der Waals surface area contributed by atoms with E-state index in [4.69, 9.17) is 0 Å². The van der Waals surface area contributed by atoms with Gasteiger partial charge in [-0.1, -0.05) is 47.5 Å². The van der Waals surface area contributed by atoms with Gasteiger partial charge in [0.15, 0.2) is 0 Å². The van der Waals surface area contributed by atoms with E-state index in [1.54, 1.807) is 0 Å². The average molecular weight is 258 g/mol. The summed E-state index contributed by atoms with van der Waals surface area (Å²) >= 11 is 0. The van der Waals surface area contributed by atoms with E-state index in [2.05, 4.69) is 27.7 Å². The predicted octanol–water partition coefficient (Wildman–Crippen LogP) is 4.14. The number of rotatable bonds is 10. The van der Waals surface area contributed by atoms with Crippen molar-refractivity contribution in [3.05, 3.63) is 0 Å². The summed E-state index contributed by atoms with van der Waals surface area (Å²) in [6, 6.07) is 0. The Balaban J connectivity index is 4.08. The Kier molecular flexibility index (Phi) is 8.89. The summed E-state index contributed by atoms with van der Waals surface area (Å²) in [7, 11) is 0. The maximum Gasteiger partial charge on any atom is 0.0591 e. The topological polar surface area (TPSA) is 40.5 Å². The molecule has 0 aliphatic carbocycles. The maximum absolute atomic E-state index is 10.3. The highest BCUT2D eigenvalue weighted by atomic mass is 16.3. The van der Waals surface area contributed by atoms with Gasteiger partial charge in [0.25, 0.3) is 0 Å². The van der Waals surface area contributed by atoms with Crippen molar-refractivity contribution in [2.45, 2.75) is 91.8 Å². The van der Waals surface area contributed by atoms with Crippen molar-refractivity contribution in [1.82, 2.24) is 0 Å². The quantitative estimate of drug-likeness (QED) is 0.618. The molecule has 2 unspecified atom stereocenters. The van der Waals surface area contributed by atoms with Gasteiger partial charge in [-0.3, -0.25) is 0 Å². The SMILES string of the molecule is CCC(O)CCCC(O)C(C)(C)CC(CC)CC. The summed E-state index contributed by atoms with van der Waals surface area (Å²) < 4.78 is 0.